The first-order valence-electron chi connectivity index (χ1n) is 9.36. The second kappa shape index (κ2) is 6.32. The SMILES string of the molecule is CC(C)B1c2ccccc2C(=O)c2oc(C(C)C)c(-c3ccccc3)c21. The van der Waals surface area contributed by atoms with Crippen LogP contribution in [0.4, 0.5) is 0 Å². The average Bonchev–Trinajstić information content (AvgIpc) is 3.03. The normalized spacial score (nSPS) is 13.3. The molecule has 2 nitrogen and oxygen atoms in total. The molecule has 1 aromatic heterocycles. The minimum Gasteiger partial charge on any atom is -0.457 e. The van der Waals surface area contributed by atoms with E-state index in [1.54, 1.807) is 0 Å². The molecule has 1 aliphatic heterocycles. The van der Waals surface area contributed by atoms with Gasteiger partial charge in [-0.15, -0.1) is 0 Å². The van der Waals surface area contributed by atoms with Crippen LogP contribution >= 0.6 is 0 Å². The third kappa shape index (κ3) is 2.46. The van der Waals surface area contributed by atoms with Gasteiger partial charge in [-0.25, -0.2) is 0 Å². The van der Waals surface area contributed by atoms with Crippen LogP contribution in [0.25, 0.3) is 11.1 Å². The van der Waals surface area contributed by atoms with Crippen molar-refractivity contribution in [2.75, 3.05) is 0 Å². The summed E-state index contributed by atoms with van der Waals surface area (Å²) in [6.07, 6.45) is 0. The summed E-state index contributed by atoms with van der Waals surface area (Å²) >= 11 is 0. The number of hydrogen-bond donors (Lipinski definition) is 0. The van der Waals surface area contributed by atoms with Crippen LogP contribution in [0, 0.1) is 0 Å². The van der Waals surface area contributed by atoms with Gasteiger partial charge < -0.3 is 4.42 Å². The van der Waals surface area contributed by atoms with E-state index in [0.29, 0.717) is 11.6 Å². The zero-order chi connectivity index (χ0) is 18.4. The number of ketones is 1. The van der Waals surface area contributed by atoms with Crippen LogP contribution in [-0.2, 0) is 0 Å². The van der Waals surface area contributed by atoms with Gasteiger partial charge in [0.2, 0.25) is 12.5 Å². The highest BCUT2D eigenvalue weighted by Gasteiger charge is 2.41. The molecule has 2 aromatic carbocycles. The average molecular weight is 342 g/mol. The Labute approximate surface area is 155 Å². The van der Waals surface area contributed by atoms with Gasteiger partial charge in [0, 0.05) is 17.0 Å². The molecule has 3 aromatic rings. The highest BCUT2D eigenvalue weighted by atomic mass is 16.3. The van der Waals surface area contributed by atoms with Crippen LogP contribution in [-0.4, -0.2) is 12.5 Å². The summed E-state index contributed by atoms with van der Waals surface area (Å²) in [7, 11) is 0. The first-order chi connectivity index (χ1) is 12.5. The number of hydrogen-bond acceptors (Lipinski definition) is 2. The monoisotopic (exact) mass is 342 g/mol. The molecular weight excluding hydrogens is 319 g/mol. The molecule has 26 heavy (non-hydrogen) atoms. The molecule has 0 fully saturated rings. The molecule has 0 saturated carbocycles. The smallest absolute Gasteiger partial charge is 0.227 e. The van der Waals surface area contributed by atoms with E-state index < -0.39 is 0 Å². The Kier molecular flexibility index (Phi) is 4.10. The Morgan fingerprint density at radius 3 is 2.19 bits per heavy atom. The number of fused-ring (bicyclic) bond motifs is 2. The number of carbonyl (C=O) groups excluding carboxylic acids is 1. The van der Waals surface area contributed by atoms with Crippen LogP contribution in [0.5, 0.6) is 0 Å². The van der Waals surface area contributed by atoms with E-state index in [1.165, 1.54) is 0 Å². The van der Waals surface area contributed by atoms with Crippen molar-refractivity contribution in [1.29, 1.82) is 0 Å². The third-order valence-electron chi connectivity index (χ3n) is 5.28. The van der Waals surface area contributed by atoms with Crippen LogP contribution in [0.3, 0.4) is 0 Å². The maximum absolute atomic E-state index is 13.2. The summed E-state index contributed by atoms with van der Waals surface area (Å²) in [4.78, 5) is 13.2. The molecule has 0 unspecified atom stereocenters. The molecule has 0 bridgehead atoms. The molecule has 0 saturated heterocycles. The number of carbonyl (C=O) groups is 1. The fraction of sp³-hybridized carbons (Fsp3) is 0.261. The lowest BCUT2D eigenvalue weighted by Gasteiger charge is -2.26. The molecule has 0 radical (unpaired) electrons. The largest absolute Gasteiger partial charge is 0.457 e. The van der Waals surface area contributed by atoms with Crippen molar-refractivity contribution in [3.8, 4) is 11.1 Å². The quantitative estimate of drug-likeness (QED) is 0.650. The lowest BCUT2D eigenvalue weighted by molar-refractivity contribution is 0.101. The topological polar surface area (TPSA) is 30.2 Å². The zero-order valence-electron chi connectivity index (χ0n) is 15.7. The van der Waals surface area contributed by atoms with Crippen molar-refractivity contribution >= 4 is 23.4 Å². The molecule has 130 valence electrons. The first-order valence-corrected chi connectivity index (χ1v) is 9.36. The Morgan fingerprint density at radius 2 is 1.54 bits per heavy atom. The number of furan rings is 1. The van der Waals surface area contributed by atoms with Crippen LogP contribution in [0.1, 0.15) is 55.5 Å². The van der Waals surface area contributed by atoms with Crippen LogP contribution in [0.2, 0.25) is 5.82 Å². The first kappa shape index (κ1) is 16.9. The maximum Gasteiger partial charge on any atom is 0.227 e. The van der Waals surface area contributed by atoms with Crippen molar-refractivity contribution < 1.29 is 9.21 Å². The highest BCUT2D eigenvalue weighted by molar-refractivity contribution is 6.90. The summed E-state index contributed by atoms with van der Waals surface area (Å²) in [5.74, 6) is 2.03. The van der Waals surface area contributed by atoms with E-state index in [2.05, 4.69) is 45.9 Å². The zero-order valence-corrected chi connectivity index (χ0v) is 15.7. The predicted molar refractivity (Wildman–Crippen MR) is 108 cm³/mol. The molecule has 0 spiro atoms. The van der Waals surface area contributed by atoms with E-state index in [0.717, 1.165) is 33.4 Å². The molecule has 2 heterocycles. The second-order valence-electron chi connectivity index (χ2n) is 7.74. The fourth-order valence-corrected chi connectivity index (χ4v) is 4.18. The Morgan fingerprint density at radius 1 is 0.885 bits per heavy atom. The van der Waals surface area contributed by atoms with Crippen molar-refractivity contribution in [2.45, 2.75) is 39.4 Å². The number of benzene rings is 2. The minimum absolute atomic E-state index is 0.0107. The Hall–Kier alpha value is -2.55. The summed E-state index contributed by atoms with van der Waals surface area (Å²) in [6.45, 7) is 8.85. The minimum atomic E-state index is 0.0107. The number of rotatable bonds is 3. The lowest BCUT2D eigenvalue weighted by atomic mass is 9.31. The van der Waals surface area contributed by atoms with Crippen LogP contribution < -0.4 is 10.9 Å². The van der Waals surface area contributed by atoms with Crippen molar-refractivity contribution in [2.24, 2.45) is 0 Å². The molecule has 0 atom stereocenters. The maximum atomic E-state index is 13.2. The van der Waals surface area contributed by atoms with Gasteiger partial charge in [0.1, 0.15) is 5.76 Å². The van der Waals surface area contributed by atoms with Gasteiger partial charge in [0.15, 0.2) is 5.76 Å². The standard InChI is InChI=1S/C23H23BO2/c1-14(2)22-19(16-10-6-5-7-11-16)20-23(26-22)21(25)17-12-8-9-13-18(17)24(20)15(3)4/h5-15H,1-4H3. The van der Waals surface area contributed by atoms with Gasteiger partial charge >= 0.3 is 0 Å². The molecule has 0 amide bonds. The molecular formula is C23H23BO2. The van der Waals surface area contributed by atoms with Crippen molar-refractivity contribution in [3.05, 3.63) is 71.7 Å². The van der Waals surface area contributed by atoms with Crippen molar-refractivity contribution in [1.82, 2.24) is 0 Å². The summed E-state index contributed by atoms with van der Waals surface area (Å²) in [6, 6.07) is 18.3. The highest BCUT2D eigenvalue weighted by Crippen LogP contribution is 2.35. The molecule has 3 heteroatoms. The Balaban J connectivity index is 2.07. The van der Waals surface area contributed by atoms with E-state index >= 15 is 0 Å². The van der Waals surface area contributed by atoms with Gasteiger partial charge in [-0.2, -0.15) is 0 Å². The van der Waals surface area contributed by atoms with Gasteiger partial charge in [0.25, 0.3) is 0 Å². The van der Waals surface area contributed by atoms with Gasteiger partial charge in [-0.05, 0) is 11.0 Å². The van der Waals surface area contributed by atoms with Gasteiger partial charge in [0.05, 0.1) is 0 Å². The lowest BCUT2D eigenvalue weighted by Crippen LogP contribution is -2.52. The third-order valence-corrected chi connectivity index (χ3v) is 5.28. The predicted octanol–water partition coefficient (Wildman–Crippen LogP) is 4.63. The summed E-state index contributed by atoms with van der Waals surface area (Å²) in [5.41, 5.74) is 5.20. The van der Waals surface area contributed by atoms with E-state index in [9.17, 15) is 4.79 Å². The van der Waals surface area contributed by atoms with Gasteiger partial charge in [-0.1, -0.05) is 93.6 Å². The van der Waals surface area contributed by atoms with Crippen molar-refractivity contribution in [3.63, 3.8) is 0 Å². The fourth-order valence-electron chi connectivity index (χ4n) is 4.18. The second-order valence-corrected chi connectivity index (χ2v) is 7.74. The van der Waals surface area contributed by atoms with E-state index in [-0.39, 0.29) is 18.4 Å². The van der Waals surface area contributed by atoms with E-state index in [1.807, 2.05) is 36.4 Å². The summed E-state index contributed by atoms with van der Waals surface area (Å²) < 4.78 is 6.25. The molecule has 1 aliphatic rings. The Bertz CT molecular complexity index is 967. The van der Waals surface area contributed by atoms with E-state index in [4.69, 9.17) is 4.42 Å². The molecule has 4 rings (SSSR count). The van der Waals surface area contributed by atoms with Crippen LogP contribution in [0.15, 0.2) is 59.0 Å². The molecule has 0 aliphatic carbocycles. The summed E-state index contributed by atoms with van der Waals surface area (Å²) in [5, 5.41) is 0. The van der Waals surface area contributed by atoms with Gasteiger partial charge in [-0.3, -0.25) is 4.79 Å². The molecule has 0 N–H and O–H groups in total.